The van der Waals surface area contributed by atoms with Crippen molar-refractivity contribution in [2.45, 2.75) is 10.7 Å². The molecule has 1 saturated heterocycles. The molecule has 1 fully saturated rings. The van der Waals surface area contributed by atoms with E-state index in [-0.39, 0.29) is 17.4 Å². The number of piperazine rings is 1. The third-order valence-electron chi connectivity index (χ3n) is 4.29. The van der Waals surface area contributed by atoms with Crippen molar-refractivity contribution in [2.75, 3.05) is 26.2 Å². The highest BCUT2D eigenvalue weighted by Crippen LogP contribution is 2.19. The summed E-state index contributed by atoms with van der Waals surface area (Å²) in [7, 11) is -4.69. The fraction of sp³-hybridized carbons (Fsp3) is 0.294. The summed E-state index contributed by atoms with van der Waals surface area (Å²) in [6.07, 6.45) is 2.76. The number of hydrogen-bond acceptors (Lipinski definition) is 5. The van der Waals surface area contributed by atoms with Gasteiger partial charge in [0.1, 0.15) is 6.26 Å². The molecule has 1 aliphatic heterocycles. The average molecular weight is 398 g/mol. The van der Waals surface area contributed by atoms with Crippen LogP contribution in [0.5, 0.6) is 0 Å². The summed E-state index contributed by atoms with van der Waals surface area (Å²) >= 11 is 0. The Hall–Kier alpha value is -2.75. The van der Waals surface area contributed by atoms with Gasteiger partial charge in [0.15, 0.2) is 0 Å². The van der Waals surface area contributed by atoms with Crippen LogP contribution in [0.4, 0.5) is 8.78 Å². The minimum absolute atomic E-state index is 0.183. The number of halogens is 2. The highest BCUT2D eigenvalue weighted by Gasteiger charge is 2.28. The number of hydrogen-bond donors (Lipinski definition) is 0. The monoisotopic (exact) mass is 398 g/mol. The molecular weight excluding hydrogens is 382 g/mol. The van der Waals surface area contributed by atoms with Crippen molar-refractivity contribution in [1.29, 1.82) is 0 Å². The fourth-order valence-corrected chi connectivity index (χ4v) is 3.48. The van der Waals surface area contributed by atoms with Gasteiger partial charge in [-0.25, -0.2) is 8.42 Å². The molecule has 0 radical (unpaired) electrons. The van der Waals surface area contributed by atoms with Crippen LogP contribution in [-0.2, 0) is 9.84 Å². The molecule has 1 aromatic heterocycles. The number of sulfone groups is 1. The van der Waals surface area contributed by atoms with Crippen LogP contribution < -0.4 is 0 Å². The van der Waals surface area contributed by atoms with E-state index in [1.54, 1.807) is 11.0 Å². The quantitative estimate of drug-likeness (QED) is 0.785. The predicted octanol–water partition coefficient (Wildman–Crippen LogP) is 1.87. The van der Waals surface area contributed by atoms with E-state index in [2.05, 4.69) is 0 Å². The second kappa shape index (κ2) is 7.47. The Morgan fingerprint density at radius 1 is 0.889 bits per heavy atom. The maximum Gasteiger partial charge on any atom is 0.341 e. The summed E-state index contributed by atoms with van der Waals surface area (Å²) < 4.78 is 52.8. The Balaban J connectivity index is 1.63. The number of rotatable bonds is 4. The largest absolute Gasteiger partial charge is 0.472 e. The minimum Gasteiger partial charge on any atom is -0.472 e. The number of nitrogens with zero attached hydrogens (tertiary/aromatic N) is 2. The normalized spacial score (nSPS) is 15.2. The maximum atomic E-state index is 12.6. The van der Waals surface area contributed by atoms with E-state index in [4.69, 9.17) is 4.42 Å². The van der Waals surface area contributed by atoms with Crippen molar-refractivity contribution >= 4 is 21.7 Å². The van der Waals surface area contributed by atoms with Crippen LogP contribution in [0.15, 0.2) is 52.2 Å². The smallest absolute Gasteiger partial charge is 0.341 e. The van der Waals surface area contributed by atoms with E-state index in [0.717, 1.165) is 12.1 Å². The first-order valence-electron chi connectivity index (χ1n) is 8.03. The molecule has 144 valence electrons. The van der Waals surface area contributed by atoms with E-state index in [1.165, 1.54) is 29.6 Å². The van der Waals surface area contributed by atoms with Crippen LogP contribution in [-0.4, -0.2) is 62.0 Å². The van der Waals surface area contributed by atoms with Crippen LogP contribution in [0.1, 0.15) is 20.7 Å². The van der Waals surface area contributed by atoms with Crippen LogP contribution in [0.2, 0.25) is 0 Å². The van der Waals surface area contributed by atoms with Crippen LogP contribution in [0.3, 0.4) is 0 Å². The van der Waals surface area contributed by atoms with Crippen molar-refractivity contribution in [2.24, 2.45) is 0 Å². The predicted molar refractivity (Wildman–Crippen MR) is 90.1 cm³/mol. The zero-order chi connectivity index (χ0) is 19.6. The molecule has 2 aromatic rings. The number of amides is 2. The summed E-state index contributed by atoms with van der Waals surface area (Å²) in [6, 6.07) is 5.97. The number of benzene rings is 1. The molecule has 27 heavy (non-hydrogen) atoms. The molecule has 0 bridgehead atoms. The van der Waals surface area contributed by atoms with E-state index >= 15 is 0 Å². The summed E-state index contributed by atoms with van der Waals surface area (Å²) in [5.74, 6) is -4.05. The lowest BCUT2D eigenvalue weighted by atomic mass is 10.1. The van der Waals surface area contributed by atoms with E-state index in [1.807, 2.05) is 0 Å². The third kappa shape index (κ3) is 3.85. The van der Waals surface area contributed by atoms with Gasteiger partial charge in [-0.15, -0.1) is 0 Å². The Morgan fingerprint density at radius 3 is 1.85 bits per heavy atom. The molecule has 1 aromatic carbocycles. The van der Waals surface area contributed by atoms with Crippen molar-refractivity contribution in [1.82, 2.24) is 9.80 Å². The molecule has 3 rings (SSSR count). The highest BCUT2D eigenvalue weighted by atomic mass is 32.2. The number of carbonyl (C=O) groups is 2. The number of carbonyl (C=O) groups excluding carboxylic acids is 2. The molecule has 0 saturated carbocycles. The standard InChI is InChI=1S/C17H16F2N2O5S/c18-17(19)27(24,25)14-3-1-12(2-4-14)15(22)20-6-8-21(9-7-20)16(23)13-5-10-26-11-13/h1-5,10-11,17H,6-9H2. The van der Waals surface area contributed by atoms with Gasteiger partial charge >= 0.3 is 5.76 Å². The van der Waals surface area contributed by atoms with Gasteiger partial charge in [0.25, 0.3) is 11.8 Å². The summed E-state index contributed by atoms with van der Waals surface area (Å²) in [5.41, 5.74) is 0.628. The molecule has 0 aliphatic carbocycles. The van der Waals surface area contributed by atoms with Gasteiger partial charge in [-0.05, 0) is 30.3 Å². The topological polar surface area (TPSA) is 87.9 Å². The summed E-state index contributed by atoms with van der Waals surface area (Å²) in [6.45, 7) is 1.29. The van der Waals surface area contributed by atoms with Gasteiger partial charge in [-0.2, -0.15) is 8.78 Å². The lowest BCUT2D eigenvalue weighted by Gasteiger charge is -2.34. The molecule has 0 N–H and O–H groups in total. The first kappa shape index (κ1) is 19.0. The zero-order valence-corrected chi connectivity index (χ0v) is 14.9. The van der Waals surface area contributed by atoms with Gasteiger partial charge < -0.3 is 14.2 Å². The lowest BCUT2D eigenvalue weighted by Crippen LogP contribution is -2.50. The van der Waals surface area contributed by atoms with Gasteiger partial charge in [0, 0.05) is 31.7 Å². The first-order chi connectivity index (χ1) is 12.8. The van der Waals surface area contributed by atoms with Crippen molar-refractivity contribution in [3.8, 4) is 0 Å². The maximum absolute atomic E-state index is 12.6. The van der Waals surface area contributed by atoms with Crippen molar-refractivity contribution < 1.29 is 31.2 Å². The third-order valence-corrected chi connectivity index (χ3v) is 5.68. The Bertz CT molecular complexity index is 919. The Labute approximate surface area is 154 Å². The van der Waals surface area contributed by atoms with Gasteiger partial charge in [0.05, 0.1) is 16.7 Å². The molecule has 0 atom stereocenters. The minimum atomic E-state index is -4.69. The van der Waals surface area contributed by atoms with Crippen LogP contribution >= 0.6 is 0 Å². The SMILES string of the molecule is O=C(c1ccc(S(=O)(=O)C(F)F)cc1)N1CCN(C(=O)c2ccoc2)CC1. The molecular formula is C17H16F2N2O5S. The van der Waals surface area contributed by atoms with Gasteiger partial charge in [0.2, 0.25) is 9.84 Å². The molecule has 10 heteroatoms. The highest BCUT2D eigenvalue weighted by molar-refractivity contribution is 7.91. The van der Waals surface area contributed by atoms with Gasteiger partial charge in [-0.1, -0.05) is 0 Å². The molecule has 2 heterocycles. The molecule has 7 nitrogen and oxygen atoms in total. The molecule has 0 spiro atoms. The Morgan fingerprint density at radius 2 is 1.41 bits per heavy atom. The Kier molecular flexibility index (Phi) is 5.26. The van der Waals surface area contributed by atoms with E-state index < -0.39 is 20.5 Å². The van der Waals surface area contributed by atoms with Crippen LogP contribution in [0.25, 0.3) is 0 Å². The van der Waals surface area contributed by atoms with E-state index in [9.17, 15) is 26.8 Å². The van der Waals surface area contributed by atoms with Crippen LogP contribution in [0, 0.1) is 0 Å². The second-order valence-electron chi connectivity index (χ2n) is 5.93. The summed E-state index contributed by atoms with van der Waals surface area (Å²) in [5, 5.41) is 0. The average Bonchev–Trinajstić information content (AvgIpc) is 3.22. The van der Waals surface area contributed by atoms with Crippen molar-refractivity contribution in [3.05, 3.63) is 54.0 Å². The molecule has 2 amide bonds. The van der Waals surface area contributed by atoms with E-state index in [0.29, 0.717) is 31.7 Å². The second-order valence-corrected chi connectivity index (χ2v) is 7.84. The zero-order valence-electron chi connectivity index (χ0n) is 14.0. The molecule has 1 aliphatic rings. The number of alkyl halides is 2. The van der Waals surface area contributed by atoms with Crippen molar-refractivity contribution in [3.63, 3.8) is 0 Å². The molecule has 0 unspecified atom stereocenters. The summed E-state index contributed by atoms with van der Waals surface area (Å²) in [4.78, 5) is 27.3. The first-order valence-corrected chi connectivity index (χ1v) is 9.58. The van der Waals surface area contributed by atoms with Gasteiger partial charge in [-0.3, -0.25) is 9.59 Å². The number of furan rings is 1. The lowest BCUT2D eigenvalue weighted by molar-refractivity contribution is 0.0535. The fourth-order valence-electron chi connectivity index (χ4n) is 2.75.